The molecule has 152 valence electrons. The molecule has 3 aromatic rings. The van der Waals surface area contributed by atoms with E-state index in [0.717, 1.165) is 24.2 Å². The molecule has 0 fully saturated rings. The summed E-state index contributed by atoms with van der Waals surface area (Å²) < 4.78 is 7.55. The fourth-order valence-electron chi connectivity index (χ4n) is 3.05. The molecular formula is C22H25N3O3S. The molecule has 3 rings (SSSR count). The predicted molar refractivity (Wildman–Crippen MR) is 117 cm³/mol. The number of amides is 1. The summed E-state index contributed by atoms with van der Waals surface area (Å²) in [6.07, 6.45) is 2.09. The first kappa shape index (κ1) is 20.8. The van der Waals surface area contributed by atoms with Crippen LogP contribution >= 0.6 is 12.2 Å². The molecule has 0 unspecified atom stereocenters. The number of ether oxygens (including phenoxy) is 1. The van der Waals surface area contributed by atoms with E-state index in [4.69, 9.17) is 17.0 Å². The van der Waals surface area contributed by atoms with Crippen LogP contribution in [0.1, 0.15) is 42.6 Å². The van der Waals surface area contributed by atoms with E-state index in [2.05, 4.69) is 17.2 Å². The van der Waals surface area contributed by atoms with E-state index in [1.807, 2.05) is 31.2 Å². The van der Waals surface area contributed by atoms with Gasteiger partial charge in [0.25, 0.3) is 11.5 Å². The summed E-state index contributed by atoms with van der Waals surface area (Å²) in [4.78, 5) is 28.1. The number of fused-ring (bicyclic) bond motifs is 1. The van der Waals surface area contributed by atoms with Crippen LogP contribution in [0.5, 0.6) is 5.75 Å². The molecule has 7 heteroatoms. The maximum absolute atomic E-state index is 12.6. The molecule has 6 nitrogen and oxygen atoms in total. The highest BCUT2D eigenvalue weighted by atomic mass is 32.1. The standard InChI is InChI=1S/C22H25N3O3S/c1-3-5-11-28-17-8-6-7-15(12-17)14-23-20(26)16-9-10-18-19(13-16)24-22(29)25(4-2)21(18)27/h6-10,12-13H,3-5,11,14H2,1-2H3,(H,23,26)(H,24,29). The zero-order valence-corrected chi connectivity index (χ0v) is 17.5. The van der Waals surface area contributed by atoms with Gasteiger partial charge in [0, 0.05) is 18.7 Å². The predicted octanol–water partition coefficient (Wildman–Crippen LogP) is 4.19. The smallest absolute Gasteiger partial charge is 0.262 e. The van der Waals surface area contributed by atoms with Crippen LogP contribution in [0, 0.1) is 4.77 Å². The Morgan fingerprint density at radius 1 is 1.21 bits per heavy atom. The van der Waals surface area contributed by atoms with Gasteiger partial charge in [-0.2, -0.15) is 0 Å². The van der Waals surface area contributed by atoms with Crippen LogP contribution in [0.4, 0.5) is 0 Å². The third kappa shape index (κ3) is 4.92. The minimum absolute atomic E-state index is 0.155. The number of nitrogens with zero attached hydrogens (tertiary/aromatic N) is 1. The van der Waals surface area contributed by atoms with Crippen molar-refractivity contribution in [2.45, 2.75) is 39.8 Å². The van der Waals surface area contributed by atoms with Crippen LogP contribution in [0.25, 0.3) is 10.9 Å². The van der Waals surface area contributed by atoms with Crippen LogP contribution in [-0.2, 0) is 13.1 Å². The number of unbranched alkanes of at least 4 members (excludes halogenated alkanes) is 1. The number of carbonyl (C=O) groups is 1. The number of nitrogens with one attached hydrogen (secondary N) is 2. The fourth-order valence-corrected chi connectivity index (χ4v) is 3.37. The Balaban J connectivity index is 1.73. The molecule has 1 amide bonds. The molecule has 29 heavy (non-hydrogen) atoms. The summed E-state index contributed by atoms with van der Waals surface area (Å²) in [5.74, 6) is 0.582. The highest BCUT2D eigenvalue weighted by molar-refractivity contribution is 7.71. The third-order valence-electron chi connectivity index (χ3n) is 4.68. The van der Waals surface area contributed by atoms with Crippen molar-refractivity contribution in [1.29, 1.82) is 0 Å². The number of hydrogen-bond donors (Lipinski definition) is 2. The van der Waals surface area contributed by atoms with Gasteiger partial charge < -0.3 is 15.0 Å². The van der Waals surface area contributed by atoms with Gasteiger partial charge in [0.2, 0.25) is 0 Å². The van der Waals surface area contributed by atoms with E-state index in [9.17, 15) is 9.59 Å². The molecule has 2 aromatic carbocycles. The second-order valence-corrected chi connectivity index (χ2v) is 7.16. The minimum atomic E-state index is -0.219. The molecular weight excluding hydrogens is 386 g/mol. The van der Waals surface area contributed by atoms with Crippen molar-refractivity contribution in [3.63, 3.8) is 0 Å². The van der Waals surface area contributed by atoms with Crippen molar-refractivity contribution in [3.8, 4) is 5.75 Å². The molecule has 1 aromatic heterocycles. The highest BCUT2D eigenvalue weighted by Gasteiger charge is 2.10. The first-order chi connectivity index (χ1) is 14.0. The molecule has 0 saturated carbocycles. The summed E-state index contributed by atoms with van der Waals surface area (Å²) in [6.45, 7) is 5.55. The Kier molecular flexibility index (Phi) is 6.82. The Labute approximate surface area is 174 Å². The van der Waals surface area contributed by atoms with E-state index in [0.29, 0.717) is 40.9 Å². The SMILES string of the molecule is CCCCOc1cccc(CNC(=O)c2ccc3c(=O)n(CC)c(=S)[nH]c3c2)c1. The number of aromatic amines is 1. The van der Waals surface area contributed by atoms with Crippen molar-refractivity contribution in [3.05, 3.63) is 68.7 Å². The number of hydrogen-bond acceptors (Lipinski definition) is 4. The molecule has 0 atom stereocenters. The molecule has 0 spiro atoms. The highest BCUT2D eigenvalue weighted by Crippen LogP contribution is 2.15. The van der Waals surface area contributed by atoms with Crippen molar-refractivity contribution in [2.75, 3.05) is 6.61 Å². The Morgan fingerprint density at radius 3 is 2.79 bits per heavy atom. The third-order valence-corrected chi connectivity index (χ3v) is 5.00. The summed E-state index contributed by atoms with van der Waals surface area (Å²) in [7, 11) is 0. The van der Waals surface area contributed by atoms with Gasteiger partial charge in [-0.15, -0.1) is 0 Å². The quantitative estimate of drug-likeness (QED) is 0.430. The van der Waals surface area contributed by atoms with Gasteiger partial charge in [0.15, 0.2) is 4.77 Å². The molecule has 0 bridgehead atoms. The number of rotatable bonds is 8. The Hall–Kier alpha value is -2.93. The fraction of sp³-hybridized carbons (Fsp3) is 0.318. The van der Waals surface area contributed by atoms with Crippen molar-refractivity contribution in [2.24, 2.45) is 0 Å². The van der Waals surface area contributed by atoms with E-state index >= 15 is 0 Å². The monoisotopic (exact) mass is 411 g/mol. The lowest BCUT2D eigenvalue weighted by molar-refractivity contribution is 0.0951. The van der Waals surface area contributed by atoms with Crippen molar-refractivity contribution < 1.29 is 9.53 Å². The zero-order chi connectivity index (χ0) is 20.8. The van der Waals surface area contributed by atoms with Crippen LogP contribution in [-0.4, -0.2) is 22.1 Å². The lowest BCUT2D eigenvalue weighted by Crippen LogP contribution is -2.24. The molecule has 2 N–H and O–H groups in total. The van der Waals surface area contributed by atoms with Crippen molar-refractivity contribution >= 4 is 29.0 Å². The van der Waals surface area contributed by atoms with Gasteiger partial charge in [-0.3, -0.25) is 14.2 Å². The van der Waals surface area contributed by atoms with E-state index < -0.39 is 0 Å². The molecule has 0 radical (unpaired) electrons. The van der Waals surface area contributed by atoms with Gasteiger partial charge in [-0.25, -0.2) is 0 Å². The van der Waals surface area contributed by atoms with Gasteiger partial charge in [-0.1, -0.05) is 25.5 Å². The molecule has 1 heterocycles. The molecule has 0 saturated heterocycles. The number of aromatic nitrogens is 2. The van der Waals surface area contributed by atoms with Gasteiger partial charge in [0.05, 0.1) is 17.5 Å². The molecule has 0 aliphatic heterocycles. The Morgan fingerprint density at radius 2 is 2.03 bits per heavy atom. The second-order valence-electron chi connectivity index (χ2n) is 6.77. The Bertz CT molecular complexity index is 1130. The minimum Gasteiger partial charge on any atom is -0.494 e. The van der Waals surface area contributed by atoms with Crippen molar-refractivity contribution in [1.82, 2.24) is 14.9 Å². The van der Waals surface area contributed by atoms with E-state index in [1.165, 1.54) is 4.57 Å². The molecule has 0 aliphatic rings. The lowest BCUT2D eigenvalue weighted by atomic mass is 10.1. The van der Waals surface area contributed by atoms with Gasteiger partial charge >= 0.3 is 0 Å². The lowest BCUT2D eigenvalue weighted by Gasteiger charge is -2.10. The summed E-state index contributed by atoms with van der Waals surface area (Å²) in [6, 6.07) is 12.7. The van der Waals surface area contributed by atoms with E-state index in [1.54, 1.807) is 18.2 Å². The topological polar surface area (TPSA) is 76.1 Å². The number of H-pyrrole nitrogens is 1. The largest absolute Gasteiger partial charge is 0.494 e. The summed E-state index contributed by atoms with van der Waals surface area (Å²) >= 11 is 5.24. The van der Waals surface area contributed by atoms with E-state index in [-0.39, 0.29) is 11.5 Å². The summed E-state index contributed by atoms with van der Waals surface area (Å²) in [5, 5.41) is 3.42. The maximum atomic E-state index is 12.6. The average molecular weight is 412 g/mol. The number of carbonyl (C=O) groups excluding carboxylic acids is 1. The normalized spacial score (nSPS) is 10.8. The first-order valence-corrected chi connectivity index (χ1v) is 10.2. The maximum Gasteiger partial charge on any atom is 0.262 e. The van der Waals surface area contributed by atoms with Crippen LogP contribution in [0.15, 0.2) is 47.3 Å². The first-order valence-electron chi connectivity index (χ1n) is 9.80. The van der Waals surface area contributed by atoms with Gasteiger partial charge in [0.1, 0.15) is 5.75 Å². The average Bonchev–Trinajstić information content (AvgIpc) is 2.72. The van der Waals surface area contributed by atoms with Crippen LogP contribution in [0.2, 0.25) is 0 Å². The number of benzene rings is 2. The molecule has 0 aliphatic carbocycles. The summed E-state index contributed by atoms with van der Waals surface area (Å²) in [5.41, 5.74) is 1.83. The van der Waals surface area contributed by atoms with Gasteiger partial charge in [-0.05, 0) is 61.5 Å². The van der Waals surface area contributed by atoms with Crippen LogP contribution < -0.4 is 15.6 Å². The second kappa shape index (κ2) is 9.52. The zero-order valence-electron chi connectivity index (χ0n) is 16.7. The van der Waals surface area contributed by atoms with Crippen LogP contribution in [0.3, 0.4) is 0 Å².